The van der Waals surface area contributed by atoms with E-state index in [9.17, 15) is 0 Å². The molecule has 0 aliphatic rings. The van der Waals surface area contributed by atoms with Crippen LogP contribution in [-0.4, -0.2) is 16.2 Å². The van der Waals surface area contributed by atoms with Gasteiger partial charge in [0.25, 0.3) is 0 Å². The van der Waals surface area contributed by atoms with Crippen LogP contribution in [0.4, 0.5) is 5.69 Å². The topological polar surface area (TPSA) is 53.1 Å². The van der Waals surface area contributed by atoms with E-state index >= 15 is 0 Å². The van der Waals surface area contributed by atoms with Gasteiger partial charge in [-0.3, -0.25) is 0 Å². The Hall–Kier alpha value is -3.27. The molecule has 0 radical (unpaired) electrons. The lowest BCUT2D eigenvalue weighted by molar-refractivity contribution is 0.302. The fourth-order valence-corrected chi connectivity index (χ4v) is 3.27. The van der Waals surface area contributed by atoms with E-state index in [2.05, 4.69) is 41.8 Å². The lowest BCUT2D eigenvalue weighted by Gasteiger charge is -2.11. The zero-order chi connectivity index (χ0) is 18.6. The standard InChI is InChI=1S/C23H23N3O/c1-17-6-4-7-20(16-17)27-15-5-14-26-22-9-3-2-8-21(22)25-23(26)18-10-12-19(24)13-11-18/h2-4,6-13,16H,5,14-15,24H2,1H3. The Morgan fingerprint density at radius 1 is 0.963 bits per heavy atom. The van der Waals surface area contributed by atoms with Gasteiger partial charge in [0, 0.05) is 17.8 Å². The van der Waals surface area contributed by atoms with Crippen molar-refractivity contribution in [3.63, 3.8) is 0 Å². The molecule has 0 spiro atoms. The Balaban J connectivity index is 1.55. The molecule has 0 amide bonds. The Morgan fingerprint density at radius 2 is 1.78 bits per heavy atom. The maximum Gasteiger partial charge on any atom is 0.141 e. The van der Waals surface area contributed by atoms with E-state index in [0.29, 0.717) is 6.61 Å². The molecule has 1 aromatic heterocycles. The number of hydrogen-bond donors (Lipinski definition) is 1. The molecule has 1 heterocycles. The summed E-state index contributed by atoms with van der Waals surface area (Å²) in [7, 11) is 0. The monoisotopic (exact) mass is 357 g/mol. The predicted octanol–water partition coefficient (Wildman–Crippen LogP) is 5.06. The van der Waals surface area contributed by atoms with Gasteiger partial charge in [-0.25, -0.2) is 4.98 Å². The van der Waals surface area contributed by atoms with Crippen LogP contribution in [0.25, 0.3) is 22.4 Å². The van der Waals surface area contributed by atoms with Gasteiger partial charge in [0.15, 0.2) is 0 Å². The predicted molar refractivity (Wildman–Crippen MR) is 111 cm³/mol. The van der Waals surface area contributed by atoms with Crippen molar-refractivity contribution in [1.29, 1.82) is 0 Å². The highest BCUT2D eigenvalue weighted by molar-refractivity contribution is 5.80. The van der Waals surface area contributed by atoms with Gasteiger partial charge in [0.1, 0.15) is 11.6 Å². The van der Waals surface area contributed by atoms with Crippen molar-refractivity contribution >= 4 is 16.7 Å². The van der Waals surface area contributed by atoms with Crippen molar-refractivity contribution in [1.82, 2.24) is 9.55 Å². The molecule has 27 heavy (non-hydrogen) atoms. The van der Waals surface area contributed by atoms with Crippen LogP contribution in [0, 0.1) is 6.92 Å². The highest BCUT2D eigenvalue weighted by Gasteiger charge is 2.12. The van der Waals surface area contributed by atoms with Gasteiger partial charge in [0.2, 0.25) is 0 Å². The second-order valence-corrected chi connectivity index (χ2v) is 6.72. The lowest BCUT2D eigenvalue weighted by atomic mass is 10.2. The molecule has 4 rings (SSSR count). The van der Waals surface area contributed by atoms with Gasteiger partial charge >= 0.3 is 0 Å². The number of para-hydroxylation sites is 2. The molecule has 0 atom stereocenters. The van der Waals surface area contributed by atoms with Crippen LogP contribution >= 0.6 is 0 Å². The van der Waals surface area contributed by atoms with Gasteiger partial charge in [-0.1, -0.05) is 24.3 Å². The SMILES string of the molecule is Cc1cccc(OCCCn2c(-c3ccc(N)cc3)nc3ccccc32)c1. The Labute approximate surface area is 159 Å². The van der Waals surface area contributed by atoms with E-state index in [1.165, 1.54) is 5.56 Å². The highest BCUT2D eigenvalue weighted by Crippen LogP contribution is 2.26. The number of imidazole rings is 1. The molecule has 4 aromatic rings. The molecule has 0 bridgehead atoms. The van der Waals surface area contributed by atoms with Gasteiger partial charge in [-0.05, 0) is 67.4 Å². The molecule has 136 valence electrons. The van der Waals surface area contributed by atoms with Crippen LogP contribution in [0.2, 0.25) is 0 Å². The summed E-state index contributed by atoms with van der Waals surface area (Å²) in [6.07, 6.45) is 0.899. The molecule has 0 saturated heterocycles. The number of aromatic nitrogens is 2. The fourth-order valence-electron chi connectivity index (χ4n) is 3.27. The van der Waals surface area contributed by atoms with Crippen molar-refractivity contribution in [3.8, 4) is 17.1 Å². The summed E-state index contributed by atoms with van der Waals surface area (Å²) in [5, 5.41) is 0. The lowest BCUT2D eigenvalue weighted by Crippen LogP contribution is -2.06. The van der Waals surface area contributed by atoms with Crippen LogP contribution in [0.1, 0.15) is 12.0 Å². The minimum absolute atomic E-state index is 0.664. The van der Waals surface area contributed by atoms with E-state index in [1.807, 2.05) is 42.5 Å². The van der Waals surface area contributed by atoms with Gasteiger partial charge in [0.05, 0.1) is 17.6 Å². The first-order valence-electron chi connectivity index (χ1n) is 9.21. The first-order chi connectivity index (χ1) is 13.2. The summed E-state index contributed by atoms with van der Waals surface area (Å²) in [5.41, 5.74) is 11.0. The summed E-state index contributed by atoms with van der Waals surface area (Å²) in [5.74, 6) is 1.89. The highest BCUT2D eigenvalue weighted by atomic mass is 16.5. The molecule has 0 aliphatic heterocycles. The van der Waals surface area contributed by atoms with Crippen LogP contribution in [0.15, 0.2) is 72.8 Å². The summed E-state index contributed by atoms with van der Waals surface area (Å²) < 4.78 is 8.17. The number of ether oxygens (including phenoxy) is 1. The number of anilines is 1. The molecular weight excluding hydrogens is 334 g/mol. The number of fused-ring (bicyclic) bond motifs is 1. The second kappa shape index (κ2) is 7.54. The summed E-state index contributed by atoms with van der Waals surface area (Å²) in [6, 6.07) is 24.3. The van der Waals surface area contributed by atoms with Crippen molar-refractivity contribution in [2.45, 2.75) is 19.9 Å². The van der Waals surface area contributed by atoms with Crippen LogP contribution in [-0.2, 0) is 6.54 Å². The summed E-state index contributed by atoms with van der Waals surface area (Å²) in [6.45, 7) is 3.58. The zero-order valence-corrected chi connectivity index (χ0v) is 15.4. The second-order valence-electron chi connectivity index (χ2n) is 6.72. The molecule has 0 unspecified atom stereocenters. The van der Waals surface area contributed by atoms with Crippen LogP contribution in [0.3, 0.4) is 0 Å². The number of nitrogen functional groups attached to an aromatic ring is 1. The van der Waals surface area contributed by atoms with Gasteiger partial charge < -0.3 is 15.0 Å². The first-order valence-corrected chi connectivity index (χ1v) is 9.21. The van der Waals surface area contributed by atoms with Crippen molar-refractivity contribution in [3.05, 3.63) is 78.4 Å². The number of hydrogen-bond acceptors (Lipinski definition) is 3. The number of nitrogens with two attached hydrogens (primary N) is 1. The number of rotatable bonds is 6. The first kappa shape index (κ1) is 17.2. The zero-order valence-electron chi connectivity index (χ0n) is 15.4. The maximum atomic E-state index is 5.91. The average Bonchev–Trinajstić information content (AvgIpc) is 3.04. The van der Waals surface area contributed by atoms with Gasteiger partial charge in [-0.15, -0.1) is 0 Å². The van der Waals surface area contributed by atoms with Gasteiger partial charge in [-0.2, -0.15) is 0 Å². The van der Waals surface area contributed by atoms with E-state index < -0.39 is 0 Å². The third-order valence-electron chi connectivity index (χ3n) is 4.61. The Bertz CT molecular complexity index is 1050. The minimum atomic E-state index is 0.664. The quantitative estimate of drug-likeness (QED) is 0.387. The van der Waals surface area contributed by atoms with E-state index in [-0.39, 0.29) is 0 Å². The largest absolute Gasteiger partial charge is 0.494 e. The maximum absolute atomic E-state index is 5.91. The van der Waals surface area contributed by atoms with Crippen LogP contribution in [0.5, 0.6) is 5.75 Å². The summed E-state index contributed by atoms with van der Waals surface area (Å²) >= 11 is 0. The molecule has 3 aromatic carbocycles. The van der Waals surface area contributed by atoms with Crippen molar-refractivity contribution in [2.24, 2.45) is 0 Å². The van der Waals surface area contributed by atoms with E-state index in [1.54, 1.807) is 0 Å². The normalized spacial score (nSPS) is 11.0. The fraction of sp³-hybridized carbons (Fsp3) is 0.174. The molecule has 2 N–H and O–H groups in total. The molecule has 4 heteroatoms. The van der Waals surface area contributed by atoms with E-state index in [4.69, 9.17) is 15.5 Å². The van der Waals surface area contributed by atoms with Crippen molar-refractivity contribution in [2.75, 3.05) is 12.3 Å². The molecular formula is C23H23N3O. The number of aryl methyl sites for hydroxylation is 2. The Morgan fingerprint density at radius 3 is 2.59 bits per heavy atom. The molecule has 0 saturated carbocycles. The summed E-state index contributed by atoms with van der Waals surface area (Å²) in [4.78, 5) is 4.84. The van der Waals surface area contributed by atoms with Crippen molar-refractivity contribution < 1.29 is 4.74 Å². The molecule has 0 fully saturated rings. The van der Waals surface area contributed by atoms with Crippen LogP contribution < -0.4 is 10.5 Å². The molecule has 4 nitrogen and oxygen atoms in total. The minimum Gasteiger partial charge on any atom is -0.494 e. The Kier molecular flexibility index (Phi) is 4.79. The number of benzene rings is 3. The average molecular weight is 357 g/mol. The smallest absolute Gasteiger partial charge is 0.141 e. The number of nitrogens with zero attached hydrogens (tertiary/aromatic N) is 2. The third-order valence-corrected chi connectivity index (χ3v) is 4.61. The molecule has 0 aliphatic carbocycles. The third kappa shape index (κ3) is 3.80. The van der Waals surface area contributed by atoms with E-state index in [0.717, 1.165) is 46.8 Å².